The minimum Gasteiger partial charge on any atom is -0.242 e. The van der Waals surface area contributed by atoms with E-state index in [2.05, 4.69) is 27.6 Å². The molecule has 0 aliphatic rings. The summed E-state index contributed by atoms with van der Waals surface area (Å²) in [7, 11) is 0. The Morgan fingerprint density at radius 3 is 2.83 bits per heavy atom. The minimum absolute atomic E-state index is 0.769. The molecule has 0 N–H and O–H groups in total. The highest BCUT2D eigenvalue weighted by molar-refractivity contribution is 14.1. The summed E-state index contributed by atoms with van der Waals surface area (Å²) in [6.07, 6.45) is 0. The summed E-state index contributed by atoms with van der Waals surface area (Å²) in [6.45, 7) is 0. The molecule has 2 rings (SSSR count). The molecule has 12 heavy (non-hydrogen) atoms. The summed E-state index contributed by atoms with van der Waals surface area (Å²) in [5.41, 5.74) is 0.953. The molecule has 0 fully saturated rings. The Morgan fingerprint density at radius 2 is 2.00 bits per heavy atom. The Bertz CT molecular complexity index is 428. The predicted octanol–water partition coefficient (Wildman–Crippen LogP) is 3.49. The Kier molecular flexibility index (Phi) is 2.19. The third-order valence-electron chi connectivity index (χ3n) is 1.63. The molecule has 2 aromatic rings. The van der Waals surface area contributed by atoms with E-state index >= 15 is 0 Å². The number of benzene rings is 1. The van der Waals surface area contributed by atoms with Crippen molar-refractivity contribution in [1.29, 1.82) is 0 Å². The van der Waals surface area contributed by atoms with Gasteiger partial charge in [-0.3, -0.25) is 0 Å². The van der Waals surface area contributed by atoms with Crippen LogP contribution in [0.25, 0.3) is 10.9 Å². The lowest BCUT2D eigenvalue weighted by Gasteiger charge is -1.99. The van der Waals surface area contributed by atoms with Crippen LogP contribution in [0.1, 0.15) is 0 Å². The van der Waals surface area contributed by atoms with Gasteiger partial charge in [0.25, 0.3) is 0 Å². The Labute approximate surface area is 88.9 Å². The van der Waals surface area contributed by atoms with Crippen LogP contribution in [0.2, 0.25) is 5.02 Å². The van der Waals surface area contributed by atoms with E-state index in [1.165, 1.54) is 0 Å². The number of rotatable bonds is 0. The van der Waals surface area contributed by atoms with Gasteiger partial charge in [-0.15, -0.1) is 0 Å². The van der Waals surface area contributed by atoms with Gasteiger partial charge >= 0.3 is 0 Å². The second kappa shape index (κ2) is 3.18. The number of pyridine rings is 1. The molecule has 0 atom stereocenters. The van der Waals surface area contributed by atoms with Crippen molar-refractivity contribution in [3.8, 4) is 0 Å². The highest BCUT2D eigenvalue weighted by Crippen LogP contribution is 2.22. The van der Waals surface area contributed by atoms with E-state index in [-0.39, 0.29) is 0 Å². The zero-order chi connectivity index (χ0) is 8.55. The molecule has 0 radical (unpaired) electrons. The van der Waals surface area contributed by atoms with Gasteiger partial charge in [-0.25, -0.2) is 4.98 Å². The van der Waals surface area contributed by atoms with Crippen molar-refractivity contribution in [1.82, 2.24) is 4.98 Å². The van der Waals surface area contributed by atoms with Crippen molar-refractivity contribution in [2.24, 2.45) is 0 Å². The molecule has 1 aromatic carbocycles. The van der Waals surface area contributed by atoms with Gasteiger partial charge in [0.2, 0.25) is 0 Å². The summed E-state index contributed by atoms with van der Waals surface area (Å²) in [6, 6.07) is 9.72. The summed E-state index contributed by atoms with van der Waals surface area (Å²) >= 11 is 8.18. The van der Waals surface area contributed by atoms with Crippen LogP contribution >= 0.6 is 34.2 Å². The van der Waals surface area contributed by atoms with Crippen molar-refractivity contribution in [2.75, 3.05) is 0 Å². The fourth-order valence-corrected chi connectivity index (χ4v) is 2.12. The van der Waals surface area contributed by atoms with Crippen LogP contribution < -0.4 is 0 Å². The topological polar surface area (TPSA) is 12.9 Å². The zero-order valence-electron chi connectivity index (χ0n) is 6.09. The van der Waals surface area contributed by atoms with Crippen LogP contribution in [0.15, 0.2) is 30.3 Å². The van der Waals surface area contributed by atoms with Gasteiger partial charge in [-0.05, 0) is 34.7 Å². The fourth-order valence-electron chi connectivity index (χ4n) is 1.10. The first kappa shape index (κ1) is 8.26. The van der Waals surface area contributed by atoms with Crippen LogP contribution in [0, 0.1) is 3.70 Å². The van der Waals surface area contributed by atoms with E-state index in [0.29, 0.717) is 0 Å². The molecule has 0 unspecified atom stereocenters. The molecule has 0 bridgehead atoms. The maximum absolute atomic E-state index is 6.02. The van der Waals surface area contributed by atoms with Crippen molar-refractivity contribution >= 4 is 45.1 Å². The molecule has 0 saturated heterocycles. The highest BCUT2D eigenvalue weighted by atomic mass is 127. The highest BCUT2D eigenvalue weighted by Gasteiger charge is 1.99. The van der Waals surface area contributed by atoms with E-state index in [1.807, 2.05) is 30.3 Å². The second-order valence-electron chi connectivity index (χ2n) is 2.44. The van der Waals surface area contributed by atoms with Crippen molar-refractivity contribution in [3.05, 3.63) is 39.1 Å². The summed E-state index contributed by atoms with van der Waals surface area (Å²) in [5, 5.41) is 1.78. The first-order chi connectivity index (χ1) is 5.77. The SMILES string of the molecule is Clc1cc(I)nc2ccccc12. The number of hydrogen-bond donors (Lipinski definition) is 0. The lowest BCUT2D eigenvalue weighted by Crippen LogP contribution is -1.82. The maximum atomic E-state index is 6.02. The molecule has 1 heterocycles. The number of halogens is 2. The van der Waals surface area contributed by atoms with Gasteiger partial charge in [0.15, 0.2) is 0 Å². The summed E-state index contributed by atoms with van der Waals surface area (Å²) < 4.78 is 0.927. The third kappa shape index (κ3) is 1.41. The van der Waals surface area contributed by atoms with Gasteiger partial charge in [0.05, 0.1) is 10.5 Å². The monoisotopic (exact) mass is 289 g/mol. The summed E-state index contributed by atoms with van der Waals surface area (Å²) in [4.78, 5) is 4.34. The predicted molar refractivity (Wildman–Crippen MR) is 59.5 cm³/mol. The number of fused-ring (bicyclic) bond motifs is 1. The number of aromatic nitrogens is 1. The molecular weight excluding hydrogens is 284 g/mol. The largest absolute Gasteiger partial charge is 0.242 e. The maximum Gasteiger partial charge on any atom is 0.103 e. The molecule has 0 aliphatic heterocycles. The molecule has 60 valence electrons. The Morgan fingerprint density at radius 1 is 1.25 bits per heavy atom. The zero-order valence-corrected chi connectivity index (χ0v) is 9.00. The minimum atomic E-state index is 0.769. The molecule has 1 aromatic heterocycles. The molecule has 0 spiro atoms. The molecule has 0 saturated carbocycles. The van der Waals surface area contributed by atoms with E-state index in [4.69, 9.17) is 11.6 Å². The first-order valence-electron chi connectivity index (χ1n) is 3.48. The molecule has 0 aliphatic carbocycles. The standard InChI is InChI=1S/C9H5ClIN/c10-7-5-9(11)12-8-4-2-1-3-6(7)8/h1-5H. The van der Waals surface area contributed by atoms with Gasteiger partial charge in [-0.2, -0.15) is 0 Å². The smallest absolute Gasteiger partial charge is 0.103 e. The van der Waals surface area contributed by atoms with Gasteiger partial charge < -0.3 is 0 Å². The average Bonchev–Trinajstić information content (AvgIpc) is 2.04. The number of para-hydroxylation sites is 1. The lowest BCUT2D eigenvalue weighted by molar-refractivity contribution is 1.35. The van der Waals surface area contributed by atoms with Crippen LogP contribution in [0.5, 0.6) is 0 Å². The second-order valence-corrected chi connectivity index (χ2v) is 3.96. The third-order valence-corrected chi connectivity index (χ3v) is 2.50. The van der Waals surface area contributed by atoms with Gasteiger partial charge in [0, 0.05) is 5.39 Å². The molecule has 3 heteroatoms. The molecular formula is C9H5ClIN. The van der Waals surface area contributed by atoms with Crippen molar-refractivity contribution < 1.29 is 0 Å². The van der Waals surface area contributed by atoms with Crippen molar-refractivity contribution in [2.45, 2.75) is 0 Å². The van der Waals surface area contributed by atoms with Crippen LogP contribution in [0.3, 0.4) is 0 Å². The van der Waals surface area contributed by atoms with E-state index < -0.39 is 0 Å². The first-order valence-corrected chi connectivity index (χ1v) is 4.94. The van der Waals surface area contributed by atoms with E-state index in [1.54, 1.807) is 0 Å². The van der Waals surface area contributed by atoms with Crippen LogP contribution in [-0.4, -0.2) is 4.98 Å². The van der Waals surface area contributed by atoms with Gasteiger partial charge in [0.1, 0.15) is 3.70 Å². The lowest BCUT2D eigenvalue weighted by atomic mass is 10.2. The van der Waals surface area contributed by atoms with Crippen molar-refractivity contribution in [3.63, 3.8) is 0 Å². The number of hydrogen-bond acceptors (Lipinski definition) is 1. The van der Waals surface area contributed by atoms with Crippen LogP contribution in [-0.2, 0) is 0 Å². The summed E-state index contributed by atoms with van der Waals surface area (Å²) in [5.74, 6) is 0. The Hall–Kier alpha value is -0.350. The van der Waals surface area contributed by atoms with E-state index in [9.17, 15) is 0 Å². The normalized spacial score (nSPS) is 10.5. The Balaban J connectivity index is 2.89. The van der Waals surface area contributed by atoms with Gasteiger partial charge in [-0.1, -0.05) is 29.8 Å². The molecule has 0 amide bonds. The average molecular weight is 290 g/mol. The fraction of sp³-hybridized carbons (Fsp3) is 0. The quantitative estimate of drug-likeness (QED) is 0.534. The van der Waals surface area contributed by atoms with E-state index in [0.717, 1.165) is 19.6 Å². The molecule has 1 nitrogen and oxygen atoms in total. The van der Waals surface area contributed by atoms with Crippen LogP contribution in [0.4, 0.5) is 0 Å². The number of nitrogens with zero attached hydrogens (tertiary/aromatic N) is 1.